The molecule has 0 fully saturated rings. The number of aromatic nitrogens is 4. The van der Waals surface area contributed by atoms with Gasteiger partial charge in [-0.05, 0) is 114 Å². The lowest BCUT2D eigenvalue weighted by molar-refractivity contribution is 0.0529. The van der Waals surface area contributed by atoms with Gasteiger partial charge in [-0.1, -0.05) is 278 Å². The first-order chi connectivity index (χ1) is 57.1. The maximum atomic E-state index is 13.5. The van der Waals surface area contributed by atoms with Gasteiger partial charge in [0.25, 0.3) is 17.6 Å². The first-order valence-corrected chi connectivity index (χ1v) is 46.1. The molecule has 21 nitrogen and oxygen atoms in total. The number of ketones is 3. The number of methoxy groups -OCH3 is 1. The number of aromatic hydroxyl groups is 3. The number of phenolic OH excluding ortho intramolecular Hbond substituents is 3. The highest BCUT2D eigenvalue weighted by molar-refractivity contribution is 7.92. The molecule has 0 bridgehead atoms. The molecule has 10 rings (SSSR count). The van der Waals surface area contributed by atoms with Crippen LogP contribution in [0.5, 0.6) is 23.0 Å². The summed E-state index contributed by atoms with van der Waals surface area (Å²) in [5, 5.41) is 43.8. The fourth-order valence-electron chi connectivity index (χ4n) is 14.2. The number of anilines is 2. The van der Waals surface area contributed by atoms with Crippen LogP contribution in [0.15, 0.2) is 114 Å². The lowest BCUT2D eigenvalue weighted by Crippen LogP contribution is -2.24. The number of sulfonamides is 1. The van der Waals surface area contributed by atoms with Gasteiger partial charge in [-0.3, -0.25) is 34.2 Å². The van der Waals surface area contributed by atoms with Crippen LogP contribution in [0.2, 0.25) is 0 Å². The van der Waals surface area contributed by atoms with Crippen LogP contribution in [-0.4, -0.2) is 106 Å². The Morgan fingerprint density at radius 3 is 1.61 bits per heavy atom. The maximum Gasteiger partial charge on any atom is 0.350 e. The Morgan fingerprint density at radius 1 is 0.483 bits per heavy atom. The van der Waals surface area contributed by atoms with Gasteiger partial charge in [-0.2, -0.15) is 4.98 Å². The number of ether oxygens (including phenoxy) is 2. The number of phenols is 3. The second-order valence-electron chi connectivity index (χ2n) is 30.4. The lowest BCUT2D eigenvalue weighted by atomic mass is 10.00. The van der Waals surface area contributed by atoms with Gasteiger partial charge >= 0.3 is 5.97 Å². The highest BCUT2D eigenvalue weighted by Gasteiger charge is 2.29. The SMILES string of the molecule is CCCCCCCCCCCCCc1nc(C(=O)c2cc(OC)c3cc(C)ccc3c2O)sc1C(=O)OCC.CCCCCCCCCCCCNC(=O)c1sc(C(=O)c2ccc3ccc(C)cc3c2O)nc1C.CCCCCCCCCCCCS(=O)(=O)Nc1cccc(-c2noc(C(=O)c3ccc4c(NOCC)cccc4c3O)n2)c1. The van der Waals surface area contributed by atoms with E-state index in [4.69, 9.17) is 18.8 Å². The summed E-state index contributed by atoms with van der Waals surface area (Å²) in [4.78, 5) is 84.5. The van der Waals surface area contributed by atoms with E-state index in [1.54, 1.807) is 80.6 Å². The summed E-state index contributed by atoms with van der Waals surface area (Å²) in [6.07, 6.45) is 38.0. The fraction of sp³-hybridized carbons (Fsp3) is 0.479. The Morgan fingerprint density at radius 2 is 0.992 bits per heavy atom. The molecule has 0 aliphatic rings. The van der Waals surface area contributed by atoms with Crippen LogP contribution in [0.3, 0.4) is 0 Å². The van der Waals surface area contributed by atoms with E-state index in [0.717, 1.165) is 95.9 Å². The van der Waals surface area contributed by atoms with Gasteiger partial charge in [-0.15, -0.1) is 22.7 Å². The highest BCUT2D eigenvalue weighted by Crippen LogP contribution is 2.40. The van der Waals surface area contributed by atoms with Gasteiger partial charge in [0, 0.05) is 44.7 Å². The number of carbonyl (C=O) groups is 5. The van der Waals surface area contributed by atoms with E-state index in [1.807, 2.05) is 57.2 Å². The number of fused-ring (bicyclic) bond motifs is 3. The van der Waals surface area contributed by atoms with Crippen LogP contribution >= 0.6 is 22.7 Å². The predicted molar refractivity (Wildman–Crippen MR) is 477 cm³/mol. The third kappa shape index (κ3) is 28.3. The van der Waals surface area contributed by atoms with Gasteiger partial charge < -0.3 is 34.6 Å². The second kappa shape index (κ2) is 49.7. The number of benzene rings is 7. The van der Waals surface area contributed by atoms with E-state index < -0.39 is 27.6 Å². The molecule has 10 aromatic rings. The molecular weight excluding hydrogens is 1550 g/mol. The number of rotatable bonds is 50. The van der Waals surface area contributed by atoms with E-state index in [2.05, 4.69) is 56.4 Å². The van der Waals surface area contributed by atoms with Crippen molar-refractivity contribution in [2.24, 2.45) is 0 Å². The number of carbonyl (C=O) groups excluding carboxylic acids is 5. The number of nitrogens with zero attached hydrogens (tertiary/aromatic N) is 4. The standard InChI is InChI=1S/C33H42N4O6S.C32H43NO5S.C29H38N2O3S/c1-3-5-6-7-8-9-10-11-12-13-22-44(40,41)37-25-17-14-16-24(23-25)32-34-33(43-36-32)31(39)28-21-20-26-27(30(28)38)18-15-19-29(26)35-42-4-2;1-5-7-8-9-10-11-12-13-14-15-16-17-26-30(32(36)38-6-2)39-31(33-26)29(35)25-21-27(37-4)24-20-22(3)18-19-23(24)28(25)34;1-4-5-6-7-8-9-10-11-12-13-18-30-28(34)27-21(3)31-29(35-27)26(33)23-17-16-22-15-14-20(2)19-24(22)25(23)32/h14-21,23,35,37-38H,3-13,22H2,1-2H3;18-21,34H,5-17H2,1-4H3;14-17,19,32H,4-13,18H2,1-3H3,(H,30,34). The normalized spacial score (nSPS) is 11.3. The molecule has 0 unspecified atom stereocenters. The molecule has 0 saturated carbocycles. The van der Waals surface area contributed by atoms with E-state index in [-0.39, 0.29) is 79.7 Å². The van der Waals surface area contributed by atoms with Crippen LogP contribution in [0.25, 0.3) is 43.7 Å². The number of unbranched alkanes of at least 4 members (excludes halogenated alkanes) is 28. The monoisotopic (exact) mass is 1670 g/mol. The molecule has 7 aromatic carbocycles. The first kappa shape index (κ1) is 93.9. The van der Waals surface area contributed by atoms with Crippen molar-refractivity contribution in [1.29, 1.82) is 0 Å². The van der Waals surface area contributed by atoms with Crippen molar-refractivity contribution in [3.63, 3.8) is 0 Å². The Hall–Kier alpha value is -9.62. The smallest absolute Gasteiger partial charge is 0.350 e. The number of esters is 1. The summed E-state index contributed by atoms with van der Waals surface area (Å²) in [7, 11) is -1.99. The van der Waals surface area contributed by atoms with Crippen LogP contribution in [0, 0.1) is 20.8 Å². The van der Waals surface area contributed by atoms with Gasteiger partial charge in [0.1, 0.15) is 32.8 Å². The lowest BCUT2D eigenvalue weighted by Gasteiger charge is -2.11. The molecule has 3 heterocycles. The Labute approximate surface area is 705 Å². The number of hydrogen-bond donors (Lipinski definition) is 6. The molecule has 118 heavy (non-hydrogen) atoms. The summed E-state index contributed by atoms with van der Waals surface area (Å²) in [5.74, 6) is -2.10. The van der Waals surface area contributed by atoms with Crippen molar-refractivity contribution in [3.8, 4) is 34.4 Å². The van der Waals surface area contributed by atoms with Gasteiger partial charge in [0.05, 0.1) is 59.8 Å². The molecule has 0 spiro atoms. The predicted octanol–water partition coefficient (Wildman–Crippen LogP) is 23.9. The number of aryl methyl sites for hydroxylation is 4. The molecule has 24 heteroatoms. The summed E-state index contributed by atoms with van der Waals surface area (Å²) in [5.41, 5.74) is 7.80. The van der Waals surface area contributed by atoms with E-state index in [9.17, 15) is 47.7 Å². The van der Waals surface area contributed by atoms with Crippen LogP contribution in [0.1, 0.15) is 323 Å². The van der Waals surface area contributed by atoms with Crippen molar-refractivity contribution in [2.45, 2.75) is 261 Å². The molecule has 0 aliphatic heterocycles. The number of nitrogens with one attached hydrogen (secondary N) is 3. The average molecular weight is 1670 g/mol. The summed E-state index contributed by atoms with van der Waals surface area (Å²) < 4.78 is 44.0. The third-order valence-corrected chi connectivity index (χ3v) is 24.5. The number of thiazole rings is 2. The van der Waals surface area contributed by atoms with Gasteiger partial charge in [0.15, 0.2) is 10.0 Å². The quantitative estimate of drug-likeness (QED) is 0.00893. The minimum atomic E-state index is -3.53. The Balaban J connectivity index is 0.000000222. The molecular formula is C94H123N7O14S3. The zero-order valence-electron chi connectivity index (χ0n) is 70.7. The summed E-state index contributed by atoms with van der Waals surface area (Å²) in [6.45, 7) is 17.3. The second-order valence-corrected chi connectivity index (χ2v) is 34.2. The third-order valence-electron chi connectivity index (χ3n) is 20.9. The van der Waals surface area contributed by atoms with Crippen LogP contribution < -0.4 is 20.3 Å². The first-order valence-electron chi connectivity index (χ1n) is 42.8. The van der Waals surface area contributed by atoms with Crippen molar-refractivity contribution < 1.29 is 66.5 Å². The Kier molecular flexibility index (Phi) is 39.5. The molecule has 6 N–H and O–H groups in total. The van der Waals surface area contributed by atoms with E-state index in [1.165, 1.54) is 154 Å². The topological polar surface area (TPSA) is 309 Å². The number of amides is 1. The van der Waals surface area contributed by atoms with Gasteiger partial charge in [-0.25, -0.2) is 23.2 Å². The molecule has 0 saturated heterocycles. The minimum Gasteiger partial charge on any atom is -0.507 e. The molecule has 3 aromatic heterocycles. The number of hydrogen-bond acceptors (Lipinski definition) is 21. The molecule has 636 valence electrons. The summed E-state index contributed by atoms with van der Waals surface area (Å²) in [6, 6.07) is 31.3. The van der Waals surface area contributed by atoms with Crippen molar-refractivity contribution in [2.75, 3.05) is 42.8 Å². The zero-order valence-corrected chi connectivity index (χ0v) is 73.1. The molecule has 0 aliphatic carbocycles. The average Bonchev–Trinajstić information content (AvgIpc) is 1.43. The largest absolute Gasteiger partial charge is 0.507 e. The molecule has 1 amide bonds. The highest BCUT2D eigenvalue weighted by atomic mass is 32.2. The van der Waals surface area contributed by atoms with Crippen LogP contribution in [-0.2, 0) is 26.0 Å². The van der Waals surface area contributed by atoms with Gasteiger partial charge in [0.2, 0.25) is 27.4 Å². The van der Waals surface area contributed by atoms with Crippen molar-refractivity contribution >= 4 is 106 Å². The summed E-state index contributed by atoms with van der Waals surface area (Å²) >= 11 is 2.12. The maximum absolute atomic E-state index is 13.5. The Bertz CT molecular complexity index is 5010. The van der Waals surface area contributed by atoms with Crippen LogP contribution in [0.4, 0.5) is 11.4 Å². The zero-order chi connectivity index (χ0) is 84.8. The van der Waals surface area contributed by atoms with Crippen molar-refractivity contribution in [3.05, 3.63) is 174 Å². The van der Waals surface area contributed by atoms with Crippen molar-refractivity contribution in [1.82, 2.24) is 25.4 Å². The fourth-order valence-corrected chi connectivity index (χ4v) is 17.3. The molecule has 0 atom stereocenters. The molecule has 0 radical (unpaired) electrons. The van der Waals surface area contributed by atoms with E-state index in [0.29, 0.717) is 91.4 Å². The van der Waals surface area contributed by atoms with E-state index >= 15 is 0 Å². The minimum absolute atomic E-state index is 0.00902.